The van der Waals surface area contributed by atoms with Gasteiger partial charge in [-0.15, -0.1) is 0 Å². The number of alkyl halides is 3. The Labute approximate surface area is 192 Å². The van der Waals surface area contributed by atoms with Gasteiger partial charge in [0.2, 0.25) is 5.95 Å². The first-order valence-corrected chi connectivity index (χ1v) is 8.96. The number of hydrogen-bond acceptors (Lipinski definition) is 7. The third kappa shape index (κ3) is 5.28. The molecule has 1 fully saturated rings. The molecule has 3 rings (SSSR count). The molecule has 12 heteroatoms. The van der Waals surface area contributed by atoms with E-state index in [4.69, 9.17) is 27.3 Å². The third-order valence-electron chi connectivity index (χ3n) is 3.82. The average molecular weight is 468 g/mol. The largest absolute Gasteiger partial charge is 0.496 e. The van der Waals surface area contributed by atoms with Gasteiger partial charge >= 0.3 is 6.18 Å². The van der Waals surface area contributed by atoms with Gasteiger partial charge in [-0.3, -0.25) is 4.79 Å². The predicted molar refractivity (Wildman–Crippen MR) is 109 cm³/mol. The van der Waals surface area contributed by atoms with E-state index < -0.39 is 55.1 Å². The van der Waals surface area contributed by atoms with Crippen LogP contribution in [-0.4, -0.2) is 60.5 Å². The number of anilines is 3. The van der Waals surface area contributed by atoms with Gasteiger partial charge in [-0.05, 0) is 13.0 Å². The highest BCUT2D eigenvalue weighted by Gasteiger charge is 2.35. The quantitative estimate of drug-likeness (QED) is 0.667. The molecule has 0 saturated carbocycles. The molecule has 2 aromatic rings. The summed E-state index contributed by atoms with van der Waals surface area (Å²) in [5.74, 6) is -2.74. The summed E-state index contributed by atoms with van der Waals surface area (Å²) in [6.07, 6.45) is -4.19. The number of aromatic nitrogens is 2. The van der Waals surface area contributed by atoms with Gasteiger partial charge in [-0.1, -0.05) is 11.6 Å². The maximum atomic E-state index is 13.4. The number of benzene rings is 1. The van der Waals surface area contributed by atoms with Gasteiger partial charge in [0, 0.05) is 31.8 Å². The highest BCUT2D eigenvalue weighted by Crippen LogP contribution is 2.36. The number of hydrogen-bond donors (Lipinski definition) is 2. The van der Waals surface area contributed by atoms with Crippen molar-refractivity contribution < 1.29 is 38.4 Å². The Morgan fingerprint density at radius 2 is 2.10 bits per heavy atom. The van der Waals surface area contributed by atoms with Crippen molar-refractivity contribution in [2.75, 3.05) is 50.4 Å². The van der Waals surface area contributed by atoms with Crippen LogP contribution in [-0.2, 0) is 10.9 Å². The Hall–Kier alpha value is -2.79. The molecule has 0 radical (unpaired) electrons. The van der Waals surface area contributed by atoms with E-state index in [0.29, 0.717) is 6.20 Å². The van der Waals surface area contributed by atoms with Crippen LogP contribution in [0.25, 0.3) is 0 Å². The van der Waals surface area contributed by atoms with Crippen LogP contribution in [0.3, 0.4) is 0 Å². The zero-order valence-electron chi connectivity index (χ0n) is 24.0. The van der Waals surface area contributed by atoms with Crippen LogP contribution >= 0.6 is 11.6 Å². The smallest absolute Gasteiger partial charge is 0.421 e. The highest BCUT2D eigenvalue weighted by molar-refractivity contribution is 6.33. The van der Waals surface area contributed by atoms with Crippen molar-refractivity contribution in [2.24, 2.45) is 0 Å². The minimum absolute atomic E-state index is 0.0778. The Balaban J connectivity index is 2.06. The molecule has 0 aliphatic carbocycles. The van der Waals surface area contributed by atoms with Crippen molar-refractivity contribution >= 4 is 35.0 Å². The summed E-state index contributed by atoms with van der Waals surface area (Å²) in [6.45, 7) is -12.3. The summed E-state index contributed by atoms with van der Waals surface area (Å²) < 4.78 is 113. The van der Waals surface area contributed by atoms with Crippen LogP contribution in [0.4, 0.5) is 30.6 Å². The Bertz CT molecular complexity index is 1260. The molecule has 1 aliphatic rings. The van der Waals surface area contributed by atoms with Crippen LogP contribution in [0.1, 0.15) is 33.8 Å². The van der Waals surface area contributed by atoms with Crippen LogP contribution in [0.2, 0.25) is 5.02 Å². The monoisotopic (exact) mass is 467 g/mol. The second-order valence-corrected chi connectivity index (χ2v) is 6.22. The maximum absolute atomic E-state index is 13.4. The zero-order chi connectivity index (χ0) is 29.8. The molecule has 0 atom stereocenters. The molecule has 2 heterocycles. The van der Waals surface area contributed by atoms with E-state index in [1.54, 1.807) is 6.92 Å². The van der Waals surface area contributed by atoms with Gasteiger partial charge in [0.05, 0.1) is 47.5 Å². The average Bonchev–Trinajstić information content (AvgIpc) is 2.77. The number of carbonyl (C=O) groups excluding carboxylic acids is 1. The van der Waals surface area contributed by atoms with E-state index in [-0.39, 0.29) is 33.9 Å². The van der Waals surface area contributed by atoms with Gasteiger partial charge in [-0.2, -0.15) is 18.2 Å². The van der Waals surface area contributed by atoms with Gasteiger partial charge in [-0.25, -0.2) is 4.98 Å². The van der Waals surface area contributed by atoms with Crippen LogP contribution in [0, 0.1) is 0 Å². The normalized spacial score (nSPS) is 24.6. The third-order valence-corrected chi connectivity index (χ3v) is 4.14. The van der Waals surface area contributed by atoms with E-state index in [2.05, 4.69) is 25.3 Å². The number of nitrogens with one attached hydrogen (secondary N) is 2. The van der Waals surface area contributed by atoms with E-state index in [1.807, 2.05) is 0 Å². The molecule has 168 valence electrons. The fraction of sp³-hybridized carbons (Fsp3) is 0.421. The number of ether oxygens (including phenoxy) is 2. The molecule has 0 unspecified atom stereocenters. The standard InChI is InChI=1S/C19H21ClF3N5O3/c1-3-24-16-12(19(21,22)23)10-25-18(27-16)26-14-9-15(30-2)11(8-13(14)20)17(29)28-4-6-31-7-5-28/h8-10H,3-7H2,1-2H3,(H2,24,25,26,27)/i4D2,5D2,6D2,7D2. The lowest BCUT2D eigenvalue weighted by Gasteiger charge is -2.27. The minimum atomic E-state index is -4.74. The molecule has 2 N–H and O–H groups in total. The number of amides is 1. The molecule has 31 heavy (non-hydrogen) atoms. The zero-order valence-corrected chi connectivity index (χ0v) is 16.8. The maximum Gasteiger partial charge on any atom is 0.421 e. The molecule has 0 bridgehead atoms. The van der Waals surface area contributed by atoms with Crippen molar-refractivity contribution in [2.45, 2.75) is 13.1 Å². The van der Waals surface area contributed by atoms with Crippen molar-refractivity contribution in [1.29, 1.82) is 0 Å². The molecule has 8 nitrogen and oxygen atoms in total. The Morgan fingerprint density at radius 3 is 2.71 bits per heavy atom. The Morgan fingerprint density at radius 1 is 1.39 bits per heavy atom. The number of nitrogens with zero attached hydrogens (tertiary/aromatic N) is 3. The molecule has 1 aliphatic heterocycles. The number of carbonyl (C=O) groups is 1. The topological polar surface area (TPSA) is 88.6 Å². The number of methoxy groups -OCH3 is 1. The molecular weight excluding hydrogens is 439 g/mol. The lowest BCUT2D eigenvalue weighted by molar-refractivity contribution is -0.137. The second-order valence-electron chi connectivity index (χ2n) is 5.81. The summed E-state index contributed by atoms with van der Waals surface area (Å²) in [6, 6.07) is 1.96. The minimum Gasteiger partial charge on any atom is -0.496 e. The lowest BCUT2D eigenvalue weighted by Crippen LogP contribution is -2.40. The number of halogens is 4. The first-order valence-electron chi connectivity index (χ1n) is 12.6. The SMILES string of the molecule is [2H]C1([2H])OC([2H])([2H])C([2H])([2H])N(C(=O)c2cc(Cl)c(Nc3ncc(C(F)(F)F)c(NCC)n3)cc2OC)C1([2H])[2H]. The van der Waals surface area contributed by atoms with Gasteiger partial charge < -0.3 is 25.0 Å². The van der Waals surface area contributed by atoms with Crippen molar-refractivity contribution in [1.82, 2.24) is 14.9 Å². The summed E-state index contributed by atoms with van der Waals surface area (Å²) in [4.78, 5) is 20.6. The molecule has 1 amide bonds. The number of morpholine rings is 1. The molecular formula is C19H21ClF3N5O3. The molecule has 0 spiro atoms. The molecule has 1 saturated heterocycles. The van der Waals surface area contributed by atoms with Crippen molar-refractivity contribution in [3.63, 3.8) is 0 Å². The van der Waals surface area contributed by atoms with Crippen LogP contribution in [0.5, 0.6) is 5.75 Å². The summed E-state index contributed by atoms with van der Waals surface area (Å²) in [5, 5.41) is 4.75. The Kier molecular flexibility index (Phi) is 4.41. The molecule has 1 aromatic heterocycles. The van der Waals surface area contributed by atoms with Gasteiger partial charge in [0.25, 0.3) is 5.91 Å². The summed E-state index contributed by atoms with van der Waals surface area (Å²) >= 11 is 6.25. The fourth-order valence-corrected chi connectivity index (χ4v) is 2.68. The van der Waals surface area contributed by atoms with Crippen molar-refractivity contribution in [3.05, 3.63) is 34.5 Å². The fourth-order valence-electron chi connectivity index (χ4n) is 2.47. The van der Waals surface area contributed by atoms with E-state index >= 15 is 0 Å². The summed E-state index contributed by atoms with van der Waals surface area (Å²) in [5.41, 5.74) is -1.78. The van der Waals surface area contributed by atoms with Gasteiger partial charge in [0.1, 0.15) is 17.1 Å². The summed E-state index contributed by atoms with van der Waals surface area (Å²) in [7, 11) is 1.09. The van der Waals surface area contributed by atoms with Crippen molar-refractivity contribution in [3.8, 4) is 5.75 Å². The highest BCUT2D eigenvalue weighted by atomic mass is 35.5. The first kappa shape index (κ1) is 14.3. The van der Waals surface area contributed by atoms with E-state index in [0.717, 1.165) is 19.2 Å². The van der Waals surface area contributed by atoms with E-state index in [9.17, 15) is 18.0 Å². The number of rotatable bonds is 6. The van der Waals surface area contributed by atoms with Crippen LogP contribution < -0.4 is 15.4 Å². The van der Waals surface area contributed by atoms with E-state index in [1.165, 1.54) is 0 Å². The van der Waals surface area contributed by atoms with Gasteiger partial charge in [0.15, 0.2) is 0 Å². The van der Waals surface area contributed by atoms with Crippen LogP contribution in [0.15, 0.2) is 18.3 Å². The predicted octanol–water partition coefficient (Wildman–Crippen LogP) is 3.81. The first-order chi connectivity index (χ1) is 17.7. The lowest BCUT2D eigenvalue weighted by atomic mass is 10.1. The second kappa shape index (κ2) is 9.56. The molecule has 1 aromatic carbocycles.